The number of allylic oxidation sites excluding steroid dienone is 1. The molecule has 0 amide bonds. The van der Waals surface area contributed by atoms with Gasteiger partial charge in [0.2, 0.25) is 5.95 Å². The molecule has 0 radical (unpaired) electrons. The molecule has 0 atom stereocenters. The van der Waals surface area contributed by atoms with Crippen LogP contribution in [0, 0.1) is 0 Å². The topological polar surface area (TPSA) is 103 Å². The number of anilines is 1. The molecule has 0 aliphatic carbocycles. The number of ether oxygens (including phenoxy) is 1. The van der Waals surface area contributed by atoms with Gasteiger partial charge in [0.25, 0.3) is 10.1 Å². The second-order valence-electron chi connectivity index (χ2n) is 3.65. The lowest BCUT2D eigenvalue weighted by Crippen LogP contribution is -2.38. The van der Waals surface area contributed by atoms with Gasteiger partial charge in [-0.25, -0.2) is 5.43 Å². The summed E-state index contributed by atoms with van der Waals surface area (Å²) in [4.78, 5) is -0.318. The van der Waals surface area contributed by atoms with E-state index in [1.54, 1.807) is 0 Å². The SMILES string of the molecule is COc1cc(S(=O)(=O)O)ccc1NN1N=CC=C(F)N1. The van der Waals surface area contributed by atoms with Crippen LogP contribution in [0.3, 0.4) is 0 Å². The molecule has 0 saturated heterocycles. The monoisotopic (exact) mass is 302 g/mol. The molecule has 0 spiro atoms. The highest BCUT2D eigenvalue weighted by Crippen LogP contribution is 2.28. The number of benzene rings is 1. The molecule has 1 heterocycles. The summed E-state index contributed by atoms with van der Waals surface area (Å²) in [6.45, 7) is 0. The Morgan fingerprint density at radius 3 is 2.85 bits per heavy atom. The number of nitrogens with zero attached hydrogens (tertiary/aromatic N) is 2. The number of hydrazine groups is 2. The summed E-state index contributed by atoms with van der Waals surface area (Å²) in [5, 5.41) is 4.74. The molecular formula is C10H11FN4O4S. The first-order chi connectivity index (χ1) is 9.40. The number of rotatable bonds is 4. The Labute approximate surface area is 114 Å². The first kappa shape index (κ1) is 14.1. The summed E-state index contributed by atoms with van der Waals surface area (Å²) >= 11 is 0. The zero-order valence-electron chi connectivity index (χ0n) is 10.2. The lowest BCUT2D eigenvalue weighted by Gasteiger charge is -2.23. The minimum atomic E-state index is -4.33. The van der Waals surface area contributed by atoms with Crippen LogP contribution in [0.1, 0.15) is 0 Å². The molecule has 1 aromatic rings. The number of methoxy groups -OCH3 is 1. The van der Waals surface area contributed by atoms with Crippen LogP contribution in [-0.2, 0) is 10.1 Å². The van der Waals surface area contributed by atoms with E-state index in [0.29, 0.717) is 5.69 Å². The van der Waals surface area contributed by atoms with Crippen molar-refractivity contribution >= 4 is 22.0 Å². The highest BCUT2D eigenvalue weighted by atomic mass is 32.2. The van der Waals surface area contributed by atoms with E-state index in [2.05, 4.69) is 16.0 Å². The van der Waals surface area contributed by atoms with E-state index in [-0.39, 0.29) is 10.6 Å². The zero-order chi connectivity index (χ0) is 14.8. The predicted molar refractivity (Wildman–Crippen MR) is 69.1 cm³/mol. The average Bonchev–Trinajstić information content (AvgIpc) is 2.38. The molecule has 1 aliphatic heterocycles. The Morgan fingerprint density at radius 1 is 1.50 bits per heavy atom. The summed E-state index contributed by atoms with van der Waals surface area (Å²) in [7, 11) is -3.01. The maximum atomic E-state index is 13.0. The van der Waals surface area contributed by atoms with Crippen LogP contribution >= 0.6 is 0 Å². The van der Waals surface area contributed by atoms with Gasteiger partial charge in [-0.3, -0.25) is 9.98 Å². The molecular weight excluding hydrogens is 291 g/mol. The molecule has 0 bridgehead atoms. The molecule has 0 saturated carbocycles. The maximum absolute atomic E-state index is 13.0. The summed E-state index contributed by atoms with van der Waals surface area (Å²) in [5.74, 6) is -0.492. The molecule has 10 heteroatoms. The molecule has 2 rings (SSSR count). The fourth-order valence-corrected chi connectivity index (χ4v) is 1.92. The van der Waals surface area contributed by atoms with Crippen molar-refractivity contribution in [1.82, 2.24) is 10.7 Å². The van der Waals surface area contributed by atoms with Crippen LogP contribution in [0.2, 0.25) is 0 Å². The third-order valence-electron chi connectivity index (χ3n) is 2.31. The Kier molecular flexibility index (Phi) is 3.77. The van der Waals surface area contributed by atoms with E-state index in [0.717, 1.165) is 17.4 Å². The van der Waals surface area contributed by atoms with Crippen molar-refractivity contribution in [2.24, 2.45) is 5.10 Å². The first-order valence-corrected chi connectivity index (χ1v) is 6.73. The van der Waals surface area contributed by atoms with Gasteiger partial charge in [0.15, 0.2) is 0 Å². The minimum Gasteiger partial charge on any atom is -0.494 e. The van der Waals surface area contributed by atoms with Gasteiger partial charge >= 0.3 is 0 Å². The van der Waals surface area contributed by atoms with Crippen molar-refractivity contribution in [3.05, 3.63) is 30.2 Å². The molecule has 0 unspecified atom stereocenters. The number of hydrogen-bond acceptors (Lipinski definition) is 7. The third-order valence-corrected chi connectivity index (χ3v) is 3.16. The van der Waals surface area contributed by atoms with Crippen LogP contribution in [-0.4, -0.2) is 31.5 Å². The van der Waals surface area contributed by atoms with Crippen molar-refractivity contribution in [1.29, 1.82) is 0 Å². The standard InChI is InChI=1S/C10H11FN4O4S/c1-19-9-6-7(20(16,17)18)2-3-8(9)13-15-12-5-4-10(11)14-15/h2-6,13-14H,1H3,(H,16,17,18). The zero-order valence-corrected chi connectivity index (χ0v) is 11.1. The normalized spacial score (nSPS) is 14.6. The molecule has 20 heavy (non-hydrogen) atoms. The molecule has 108 valence electrons. The van der Waals surface area contributed by atoms with Gasteiger partial charge in [0.1, 0.15) is 5.75 Å². The van der Waals surface area contributed by atoms with Crippen LogP contribution in [0.4, 0.5) is 10.1 Å². The van der Waals surface area contributed by atoms with Crippen molar-refractivity contribution in [2.75, 3.05) is 12.5 Å². The smallest absolute Gasteiger partial charge is 0.294 e. The van der Waals surface area contributed by atoms with Gasteiger partial charge in [-0.1, -0.05) is 0 Å². The molecule has 0 aromatic heterocycles. The highest BCUT2D eigenvalue weighted by molar-refractivity contribution is 7.85. The fraction of sp³-hybridized carbons (Fsp3) is 0.100. The van der Waals surface area contributed by atoms with Crippen molar-refractivity contribution in [2.45, 2.75) is 4.90 Å². The minimum absolute atomic E-state index is 0.132. The van der Waals surface area contributed by atoms with E-state index >= 15 is 0 Å². The average molecular weight is 302 g/mol. The van der Waals surface area contributed by atoms with Crippen LogP contribution in [0.5, 0.6) is 5.75 Å². The lowest BCUT2D eigenvalue weighted by molar-refractivity contribution is 0.238. The largest absolute Gasteiger partial charge is 0.494 e. The fourth-order valence-electron chi connectivity index (χ4n) is 1.43. The predicted octanol–water partition coefficient (Wildman–Crippen LogP) is 0.886. The molecule has 1 aromatic carbocycles. The number of halogens is 1. The van der Waals surface area contributed by atoms with E-state index < -0.39 is 16.1 Å². The second kappa shape index (κ2) is 5.35. The van der Waals surface area contributed by atoms with Crippen LogP contribution in [0.15, 0.2) is 40.2 Å². The quantitative estimate of drug-likeness (QED) is 0.560. The number of hydrazone groups is 1. The van der Waals surface area contributed by atoms with E-state index in [1.165, 1.54) is 25.5 Å². The molecule has 3 N–H and O–H groups in total. The molecule has 8 nitrogen and oxygen atoms in total. The number of nitrogens with one attached hydrogen (secondary N) is 2. The Bertz CT molecular complexity index is 674. The first-order valence-electron chi connectivity index (χ1n) is 5.29. The van der Waals surface area contributed by atoms with E-state index in [4.69, 9.17) is 9.29 Å². The Balaban J connectivity index is 2.25. The Morgan fingerprint density at radius 2 is 2.25 bits per heavy atom. The van der Waals surface area contributed by atoms with E-state index in [9.17, 15) is 12.8 Å². The maximum Gasteiger partial charge on any atom is 0.294 e. The summed E-state index contributed by atoms with van der Waals surface area (Å²) in [5.41, 5.74) is 5.23. The van der Waals surface area contributed by atoms with Crippen LogP contribution < -0.4 is 15.6 Å². The number of hydrogen-bond donors (Lipinski definition) is 3. The van der Waals surface area contributed by atoms with Crippen LogP contribution in [0.25, 0.3) is 0 Å². The van der Waals surface area contributed by atoms with Crippen molar-refractivity contribution in [3.8, 4) is 5.75 Å². The van der Waals surface area contributed by atoms with E-state index in [1.807, 2.05) is 0 Å². The third kappa shape index (κ3) is 3.16. The van der Waals surface area contributed by atoms with Gasteiger partial charge < -0.3 is 4.74 Å². The van der Waals surface area contributed by atoms with Crippen molar-refractivity contribution in [3.63, 3.8) is 0 Å². The van der Waals surface area contributed by atoms with Crippen molar-refractivity contribution < 1.29 is 22.1 Å². The Hall–Kier alpha value is -2.33. The van der Waals surface area contributed by atoms with Gasteiger partial charge in [0, 0.05) is 12.1 Å². The highest BCUT2D eigenvalue weighted by Gasteiger charge is 2.15. The van der Waals surface area contributed by atoms with Gasteiger partial charge in [0.05, 0.1) is 23.9 Å². The summed E-state index contributed by atoms with van der Waals surface area (Å²) in [6.07, 6.45) is 2.34. The van der Waals surface area contributed by atoms with Gasteiger partial charge in [-0.05, 0) is 12.1 Å². The molecule has 1 aliphatic rings. The summed E-state index contributed by atoms with van der Waals surface area (Å²) < 4.78 is 49.0. The lowest BCUT2D eigenvalue weighted by atomic mass is 10.3. The van der Waals surface area contributed by atoms with Gasteiger partial charge in [-0.15, -0.1) is 10.3 Å². The second-order valence-corrected chi connectivity index (χ2v) is 5.07. The summed E-state index contributed by atoms with van der Waals surface area (Å²) in [6, 6.07) is 3.63. The molecule has 0 fully saturated rings. The van der Waals surface area contributed by atoms with Gasteiger partial charge in [-0.2, -0.15) is 12.8 Å².